The lowest BCUT2D eigenvalue weighted by Gasteiger charge is -2.35. The maximum atomic E-state index is 5.73. The minimum absolute atomic E-state index is 0.513. The third-order valence-electron chi connectivity index (χ3n) is 4.75. The van der Waals surface area contributed by atoms with Crippen molar-refractivity contribution < 1.29 is 14.2 Å². The maximum absolute atomic E-state index is 5.73. The Morgan fingerprint density at radius 1 is 1.16 bits per heavy atom. The summed E-state index contributed by atoms with van der Waals surface area (Å²) in [6.07, 6.45) is 2.29. The van der Waals surface area contributed by atoms with Crippen LogP contribution < -0.4 is 9.47 Å². The third kappa shape index (κ3) is 4.17. The summed E-state index contributed by atoms with van der Waals surface area (Å²) in [5, 5.41) is 2.23. The van der Waals surface area contributed by atoms with Crippen LogP contribution in [0.25, 0.3) is 0 Å². The molecule has 0 amide bonds. The summed E-state index contributed by atoms with van der Waals surface area (Å²) in [5.41, 5.74) is 2.78. The minimum Gasteiger partial charge on any atom is -0.493 e. The first-order valence-electron chi connectivity index (χ1n) is 8.85. The van der Waals surface area contributed by atoms with E-state index in [-0.39, 0.29) is 0 Å². The van der Waals surface area contributed by atoms with Crippen LogP contribution in [-0.2, 0) is 17.7 Å². The molecule has 3 rings (SSSR count). The quantitative estimate of drug-likeness (QED) is 0.656. The molecule has 0 saturated carbocycles. The Bertz CT molecular complexity index is 685. The molecule has 136 valence electrons. The van der Waals surface area contributed by atoms with Gasteiger partial charge < -0.3 is 14.2 Å². The average molecular weight is 362 g/mol. The fourth-order valence-electron chi connectivity index (χ4n) is 3.51. The molecule has 2 heterocycles. The van der Waals surface area contributed by atoms with Crippen molar-refractivity contribution in [2.75, 3.05) is 34.0 Å². The van der Waals surface area contributed by atoms with Crippen molar-refractivity contribution in [3.05, 3.63) is 45.6 Å². The van der Waals surface area contributed by atoms with Crippen LogP contribution in [0, 0.1) is 0 Å². The molecular weight excluding hydrogens is 334 g/mol. The molecule has 4 nitrogen and oxygen atoms in total. The molecule has 1 aromatic heterocycles. The molecule has 1 aliphatic rings. The third-order valence-corrected chi connectivity index (χ3v) is 5.75. The van der Waals surface area contributed by atoms with Crippen LogP contribution >= 0.6 is 11.3 Å². The van der Waals surface area contributed by atoms with Gasteiger partial charge in [-0.1, -0.05) is 13.0 Å². The molecule has 0 aliphatic carbocycles. The van der Waals surface area contributed by atoms with E-state index in [1.54, 1.807) is 19.1 Å². The summed E-state index contributed by atoms with van der Waals surface area (Å²) in [6.45, 7) is 5.41. The molecule has 0 fully saturated rings. The summed E-state index contributed by atoms with van der Waals surface area (Å²) in [6, 6.07) is 9.05. The zero-order valence-electron chi connectivity index (χ0n) is 15.3. The van der Waals surface area contributed by atoms with Gasteiger partial charge >= 0.3 is 0 Å². The van der Waals surface area contributed by atoms with E-state index in [1.165, 1.54) is 11.1 Å². The Balaban J connectivity index is 1.72. The second-order valence-electron chi connectivity index (χ2n) is 6.27. The second-order valence-corrected chi connectivity index (χ2v) is 7.27. The predicted octanol–water partition coefficient (Wildman–Crippen LogP) is 4.29. The Hall–Kier alpha value is -1.56. The molecule has 2 aromatic rings. The lowest BCUT2D eigenvalue weighted by Crippen LogP contribution is -2.33. The number of ether oxygens (including phenoxy) is 3. The fraction of sp³-hybridized carbons (Fsp3) is 0.500. The van der Waals surface area contributed by atoms with Crippen LogP contribution in [0.5, 0.6) is 11.5 Å². The average Bonchev–Trinajstić information content (AvgIpc) is 3.11. The number of hydrogen-bond acceptors (Lipinski definition) is 5. The Morgan fingerprint density at radius 2 is 2.04 bits per heavy atom. The highest BCUT2D eigenvalue weighted by molar-refractivity contribution is 7.10. The summed E-state index contributed by atoms with van der Waals surface area (Å²) < 4.78 is 16.3. The minimum atomic E-state index is 0.513. The molecule has 1 atom stereocenters. The lowest BCUT2D eigenvalue weighted by molar-refractivity contribution is 0.144. The van der Waals surface area contributed by atoms with Crippen molar-refractivity contribution in [3.8, 4) is 11.5 Å². The van der Waals surface area contributed by atoms with Gasteiger partial charge in [0, 0.05) is 31.1 Å². The van der Waals surface area contributed by atoms with E-state index in [4.69, 9.17) is 14.2 Å². The van der Waals surface area contributed by atoms with Crippen LogP contribution in [0.1, 0.15) is 35.4 Å². The van der Waals surface area contributed by atoms with Crippen molar-refractivity contribution >= 4 is 11.3 Å². The summed E-state index contributed by atoms with van der Waals surface area (Å²) in [7, 11) is 3.36. The first-order chi connectivity index (χ1) is 12.3. The van der Waals surface area contributed by atoms with Gasteiger partial charge in [-0.25, -0.2) is 0 Å². The van der Waals surface area contributed by atoms with Crippen molar-refractivity contribution in [2.45, 2.75) is 32.4 Å². The van der Waals surface area contributed by atoms with Crippen LogP contribution in [0.4, 0.5) is 0 Å². The predicted molar refractivity (Wildman–Crippen MR) is 102 cm³/mol. The largest absolute Gasteiger partial charge is 0.493 e. The van der Waals surface area contributed by atoms with Crippen LogP contribution in [0.15, 0.2) is 29.6 Å². The number of fused-ring (bicyclic) bond motifs is 1. The van der Waals surface area contributed by atoms with E-state index in [0.717, 1.165) is 37.4 Å². The van der Waals surface area contributed by atoms with E-state index in [0.29, 0.717) is 19.3 Å². The van der Waals surface area contributed by atoms with Crippen molar-refractivity contribution in [2.24, 2.45) is 0 Å². The summed E-state index contributed by atoms with van der Waals surface area (Å²) in [5.74, 6) is 1.56. The second kappa shape index (κ2) is 8.70. The van der Waals surface area contributed by atoms with Gasteiger partial charge in [-0.3, -0.25) is 4.90 Å². The molecule has 1 aromatic carbocycles. The molecule has 5 heteroatoms. The molecule has 25 heavy (non-hydrogen) atoms. The lowest BCUT2D eigenvalue weighted by atomic mass is 9.97. The monoisotopic (exact) mass is 361 g/mol. The number of nitrogens with zero attached hydrogens (tertiary/aromatic N) is 1. The Kier molecular flexibility index (Phi) is 6.34. The molecule has 0 spiro atoms. The smallest absolute Gasteiger partial charge is 0.161 e. The number of benzene rings is 1. The van der Waals surface area contributed by atoms with Crippen molar-refractivity contribution in [3.63, 3.8) is 0 Å². The van der Waals surface area contributed by atoms with E-state index < -0.39 is 0 Å². The van der Waals surface area contributed by atoms with Crippen LogP contribution in [0.2, 0.25) is 0 Å². The van der Waals surface area contributed by atoms with Gasteiger partial charge in [-0.15, -0.1) is 11.3 Å². The van der Waals surface area contributed by atoms with Gasteiger partial charge in [-0.05, 0) is 47.5 Å². The van der Waals surface area contributed by atoms with E-state index in [2.05, 4.69) is 35.4 Å². The highest BCUT2D eigenvalue weighted by atomic mass is 32.1. The van der Waals surface area contributed by atoms with Crippen LogP contribution in [0.3, 0.4) is 0 Å². The molecule has 0 saturated heterocycles. The summed E-state index contributed by atoms with van der Waals surface area (Å²) in [4.78, 5) is 4.14. The molecule has 0 bridgehead atoms. The van der Waals surface area contributed by atoms with Gasteiger partial charge in [0.25, 0.3) is 0 Å². The zero-order valence-corrected chi connectivity index (χ0v) is 16.1. The Labute approximate surface area is 154 Å². The maximum Gasteiger partial charge on any atom is 0.161 e. The Morgan fingerprint density at radius 3 is 2.80 bits per heavy atom. The molecule has 0 unspecified atom stereocenters. The molecular formula is C20H27NO3S. The number of methoxy groups -OCH3 is 2. The highest BCUT2D eigenvalue weighted by Crippen LogP contribution is 2.37. The number of rotatable bonds is 8. The number of thiophene rings is 1. The first kappa shape index (κ1) is 18.2. The standard InChI is InChI=1S/C20H27NO3S/c1-4-17-16-8-12-25-20(16)7-9-21(17)14-15-5-6-18(19(13-15)23-3)24-11-10-22-2/h5-6,8,12-13,17H,4,7,9-11,14H2,1-3H3/t17-/m1/s1. The van der Waals surface area contributed by atoms with Gasteiger partial charge in [0.1, 0.15) is 6.61 Å². The van der Waals surface area contributed by atoms with Crippen LogP contribution in [-0.4, -0.2) is 38.9 Å². The first-order valence-corrected chi connectivity index (χ1v) is 9.73. The van der Waals surface area contributed by atoms with Crippen molar-refractivity contribution in [1.29, 1.82) is 0 Å². The van der Waals surface area contributed by atoms with Gasteiger partial charge in [0.15, 0.2) is 11.5 Å². The fourth-order valence-corrected chi connectivity index (χ4v) is 4.44. The number of hydrogen-bond donors (Lipinski definition) is 0. The van der Waals surface area contributed by atoms with E-state index in [9.17, 15) is 0 Å². The van der Waals surface area contributed by atoms with E-state index >= 15 is 0 Å². The zero-order chi connectivity index (χ0) is 17.6. The van der Waals surface area contributed by atoms with Gasteiger partial charge in [0.2, 0.25) is 0 Å². The topological polar surface area (TPSA) is 30.9 Å². The highest BCUT2D eigenvalue weighted by Gasteiger charge is 2.26. The SMILES string of the molecule is CC[C@@H]1c2ccsc2CCN1Cc1ccc(OCCOC)c(OC)c1. The van der Waals surface area contributed by atoms with E-state index in [1.807, 2.05) is 17.4 Å². The normalized spacial score (nSPS) is 17.3. The summed E-state index contributed by atoms with van der Waals surface area (Å²) >= 11 is 1.90. The van der Waals surface area contributed by atoms with Gasteiger partial charge in [-0.2, -0.15) is 0 Å². The molecule has 0 radical (unpaired) electrons. The molecule has 1 aliphatic heterocycles. The van der Waals surface area contributed by atoms with Crippen molar-refractivity contribution in [1.82, 2.24) is 4.90 Å². The molecule has 0 N–H and O–H groups in total. The van der Waals surface area contributed by atoms with Gasteiger partial charge in [0.05, 0.1) is 13.7 Å².